The topological polar surface area (TPSA) is 67.6 Å². The van der Waals surface area contributed by atoms with E-state index in [-0.39, 0.29) is 12.5 Å². The SMILES string of the molecule is Nc1ccc(NC(=O)CN2CCCO2)c(Br)c1. The molecule has 1 aliphatic rings. The maximum atomic E-state index is 11.7. The second kappa shape index (κ2) is 5.48. The monoisotopic (exact) mass is 299 g/mol. The molecule has 6 heteroatoms. The first-order valence-electron chi connectivity index (χ1n) is 5.38. The number of hydrogen-bond acceptors (Lipinski definition) is 4. The molecule has 1 saturated heterocycles. The van der Waals surface area contributed by atoms with E-state index in [1.165, 1.54) is 0 Å². The Morgan fingerprint density at radius 1 is 1.59 bits per heavy atom. The average Bonchev–Trinajstić information content (AvgIpc) is 2.75. The van der Waals surface area contributed by atoms with Gasteiger partial charge in [0.25, 0.3) is 0 Å². The summed E-state index contributed by atoms with van der Waals surface area (Å²) in [5, 5.41) is 4.47. The van der Waals surface area contributed by atoms with Crippen molar-refractivity contribution in [2.24, 2.45) is 0 Å². The van der Waals surface area contributed by atoms with Gasteiger partial charge in [0.15, 0.2) is 0 Å². The highest BCUT2D eigenvalue weighted by Crippen LogP contribution is 2.24. The highest BCUT2D eigenvalue weighted by molar-refractivity contribution is 9.10. The number of carbonyl (C=O) groups is 1. The fourth-order valence-corrected chi connectivity index (χ4v) is 2.10. The summed E-state index contributed by atoms with van der Waals surface area (Å²) >= 11 is 3.35. The Balaban J connectivity index is 1.93. The van der Waals surface area contributed by atoms with Gasteiger partial charge in [-0.25, -0.2) is 0 Å². The van der Waals surface area contributed by atoms with Crippen LogP contribution in [0.15, 0.2) is 22.7 Å². The van der Waals surface area contributed by atoms with Crippen molar-refractivity contribution in [1.82, 2.24) is 5.06 Å². The second-order valence-corrected chi connectivity index (χ2v) is 4.69. The molecular weight excluding hydrogens is 286 g/mol. The summed E-state index contributed by atoms with van der Waals surface area (Å²) < 4.78 is 0.771. The molecule has 5 nitrogen and oxygen atoms in total. The minimum absolute atomic E-state index is 0.0997. The van der Waals surface area contributed by atoms with Crippen molar-refractivity contribution < 1.29 is 9.63 Å². The number of nitrogens with two attached hydrogens (primary N) is 1. The summed E-state index contributed by atoms with van der Waals surface area (Å²) in [7, 11) is 0. The molecule has 2 rings (SSSR count). The fraction of sp³-hybridized carbons (Fsp3) is 0.364. The molecule has 3 N–H and O–H groups in total. The Kier molecular flexibility index (Phi) is 3.98. The lowest BCUT2D eigenvalue weighted by Crippen LogP contribution is -2.30. The summed E-state index contributed by atoms with van der Waals surface area (Å²) in [5.74, 6) is -0.0997. The van der Waals surface area contributed by atoms with E-state index in [0.29, 0.717) is 18.0 Å². The zero-order chi connectivity index (χ0) is 12.3. The van der Waals surface area contributed by atoms with Gasteiger partial charge in [0.05, 0.1) is 12.3 Å². The molecule has 0 aliphatic carbocycles. The minimum atomic E-state index is -0.0997. The quantitative estimate of drug-likeness (QED) is 0.832. The molecular formula is C11H14BrN3O2. The van der Waals surface area contributed by atoms with Crippen LogP contribution in [0.1, 0.15) is 6.42 Å². The summed E-state index contributed by atoms with van der Waals surface area (Å²) in [6, 6.07) is 5.26. The summed E-state index contributed by atoms with van der Waals surface area (Å²) in [5.41, 5.74) is 6.98. The number of hydrogen-bond donors (Lipinski definition) is 2. The average molecular weight is 300 g/mol. The lowest BCUT2D eigenvalue weighted by atomic mass is 10.3. The van der Waals surface area contributed by atoms with Crippen LogP contribution in [0.4, 0.5) is 11.4 Å². The minimum Gasteiger partial charge on any atom is -0.399 e. The summed E-state index contributed by atoms with van der Waals surface area (Å²) in [6.07, 6.45) is 0.971. The van der Waals surface area contributed by atoms with Crippen LogP contribution in [-0.4, -0.2) is 30.7 Å². The van der Waals surface area contributed by atoms with Crippen molar-refractivity contribution in [3.05, 3.63) is 22.7 Å². The largest absolute Gasteiger partial charge is 0.399 e. The van der Waals surface area contributed by atoms with Gasteiger partial charge in [-0.05, 0) is 40.5 Å². The van der Waals surface area contributed by atoms with Gasteiger partial charge in [-0.3, -0.25) is 9.63 Å². The molecule has 0 bridgehead atoms. The Labute approximate surface area is 108 Å². The van der Waals surface area contributed by atoms with Crippen LogP contribution < -0.4 is 11.1 Å². The van der Waals surface area contributed by atoms with E-state index in [1.807, 2.05) is 0 Å². The van der Waals surface area contributed by atoms with Crippen LogP contribution in [0.3, 0.4) is 0 Å². The number of halogens is 1. The molecule has 0 aromatic heterocycles. The van der Waals surface area contributed by atoms with Crippen molar-refractivity contribution in [2.45, 2.75) is 6.42 Å². The first-order chi connectivity index (χ1) is 8.15. The third kappa shape index (κ3) is 3.42. The number of benzene rings is 1. The number of nitrogens with one attached hydrogen (secondary N) is 1. The Hall–Kier alpha value is -1.11. The number of nitrogens with zero attached hydrogens (tertiary/aromatic N) is 1. The van der Waals surface area contributed by atoms with Gasteiger partial charge >= 0.3 is 0 Å². The van der Waals surface area contributed by atoms with Crippen molar-refractivity contribution >= 4 is 33.2 Å². The van der Waals surface area contributed by atoms with E-state index in [4.69, 9.17) is 10.6 Å². The second-order valence-electron chi connectivity index (χ2n) is 3.84. The molecule has 0 spiro atoms. The van der Waals surface area contributed by atoms with Crippen molar-refractivity contribution in [3.8, 4) is 0 Å². The third-order valence-electron chi connectivity index (χ3n) is 2.41. The zero-order valence-electron chi connectivity index (χ0n) is 9.28. The van der Waals surface area contributed by atoms with Gasteiger partial charge < -0.3 is 11.1 Å². The number of anilines is 2. The molecule has 1 aliphatic heterocycles. The molecule has 0 unspecified atom stereocenters. The number of hydroxylamine groups is 2. The molecule has 1 aromatic rings. The van der Waals surface area contributed by atoms with Crippen LogP contribution >= 0.6 is 15.9 Å². The highest BCUT2D eigenvalue weighted by Gasteiger charge is 2.16. The van der Waals surface area contributed by atoms with Crippen molar-refractivity contribution in [1.29, 1.82) is 0 Å². The standard InChI is InChI=1S/C11H14BrN3O2/c12-9-6-8(13)2-3-10(9)14-11(16)7-15-4-1-5-17-15/h2-3,6H,1,4-5,7,13H2,(H,14,16). The predicted octanol–water partition coefficient (Wildman–Crippen LogP) is 1.61. The molecule has 0 saturated carbocycles. The van der Waals surface area contributed by atoms with Gasteiger partial charge in [-0.15, -0.1) is 0 Å². The summed E-state index contributed by atoms with van der Waals surface area (Å²) in [6.45, 7) is 1.74. The van der Waals surface area contributed by atoms with Gasteiger partial charge in [-0.1, -0.05) is 0 Å². The van der Waals surface area contributed by atoms with E-state index in [9.17, 15) is 4.79 Å². The Morgan fingerprint density at radius 3 is 3.06 bits per heavy atom. The molecule has 1 amide bonds. The number of rotatable bonds is 3. The maximum Gasteiger partial charge on any atom is 0.241 e. The van der Waals surface area contributed by atoms with Crippen LogP contribution in [0.2, 0.25) is 0 Å². The molecule has 92 valence electrons. The van der Waals surface area contributed by atoms with Crippen LogP contribution in [0.5, 0.6) is 0 Å². The van der Waals surface area contributed by atoms with E-state index in [2.05, 4.69) is 21.2 Å². The number of nitrogen functional groups attached to an aromatic ring is 1. The van der Waals surface area contributed by atoms with Gasteiger partial charge in [0.1, 0.15) is 6.54 Å². The van der Waals surface area contributed by atoms with Gasteiger partial charge in [0, 0.05) is 16.7 Å². The first-order valence-corrected chi connectivity index (χ1v) is 6.17. The number of carbonyl (C=O) groups excluding carboxylic acids is 1. The van der Waals surface area contributed by atoms with Crippen molar-refractivity contribution in [2.75, 3.05) is 30.7 Å². The van der Waals surface area contributed by atoms with Gasteiger partial charge in [-0.2, -0.15) is 5.06 Å². The molecule has 1 aromatic carbocycles. The molecule has 1 heterocycles. The third-order valence-corrected chi connectivity index (χ3v) is 3.07. The Morgan fingerprint density at radius 2 is 2.41 bits per heavy atom. The maximum absolute atomic E-state index is 11.7. The lowest BCUT2D eigenvalue weighted by Gasteiger charge is -2.14. The van der Waals surface area contributed by atoms with E-state index < -0.39 is 0 Å². The number of amides is 1. The predicted molar refractivity (Wildman–Crippen MR) is 69.3 cm³/mol. The smallest absolute Gasteiger partial charge is 0.241 e. The van der Waals surface area contributed by atoms with Gasteiger partial charge in [0.2, 0.25) is 5.91 Å². The fourth-order valence-electron chi connectivity index (χ4n) is 1.61. The van der Waals surface area contributed by atoms with Crippen LogP contribution in [0.25, 0.3) is 0 Å². The normalized spacial score (nSPS) is 16.1. The first kappa shape index (κ1) is 12.3. The zero-order valence-corrected chi connectivity index (χ0v) is 10.9. The van der Waals surface area contributed by atoms with E-state index in [1.54, 1.807) is 23.3 Å². The summed E-state index contributed by atoms with van der Waals surface area (Å²) in [4.78, 5) is 17.0. The van der Waals surface area contributed by atoms with Crippen LogP contribution in [0, 0.1) is 0 Å². The van der Waals surface area contributed by atoms with Crippen LogP contribution in [-0.2, 0) is 9.63 Å². The van der Waals surface area contributed by atoms with Crippen molar-refractivity contribution in [3.63, 3.8) is 0 Å². The molecule has 0 atom stereocenters. The Bertz CT molecular complexity index is 419. The molecule has 1 fully saturated rings. The molecule has 0 radical (unpaired) electrons. The van der Waals surface area contributed by atoms with E-state index >= 15 is 0 Å². The highest BCUT2D eigenvalue weighted by atomic mass is 79.9. The lowest BCUT2D eigenvalue weighted by molar-refractivity contribution is -0.137. The molecule has 17 heavy (non-hydrogen) atoms. The van der Waals surface area contributed by atoms with E-state index in [0.717, 1.165) is 17.4 Å².